The summed E-state index contributed by atoms with van der Waals surface area (Å²) in [7, 11) is 0. The molecule has 12 rings (SSSR count). The molecule has 0 radical (unpaired) electrons. The lowest BCUT2D eigenvalue weighted by Gasteiger charge is -2.35. The monoisotopic (exact) mass is 1470 g/mol. The molecule has 1 aliphatic carbocycles. The van der Waals surface area contributed by atoms with Gasteiger partial charge in [0.25, 0.3) is 0 Å². The zero-order chi connectivity index (χ0) is 82.3. The number of hydrogen-bond donors (Lipinski definition) is 0. The van der Waals surface area contributed by atoms with Crippen molar-refractivity contribution in [2.75, 3.05) is 0 Å². The molecule has 0 aromatic heterocycles. The Bertz CT molecular complexity index is 4400. The van der Waals surface area contributed by atoms with Gasteiger partial charge in [0.15, 0.2) is 0 Å². The van der Waals surface area contributed by atoms with E-state index in [9.17, 15) is 0 Å². The van der Waals surface area contributed by atoms with Crippen molar-refractivity contribution < 1.29 is 0 Å². The van der Waals surface area contributed by atoms with E-state index in [1.807, 2.05) is 0 Å². The van der Waals surface area contributed by atoms with E-state index in [0.29, 0.717) is 0 Å². The summed E-state index contributed by atoms with van der Waals surface area (Å²) in [6.07, 6.45) is 9.42. The third kappa shape index (κ3) is 27.1. The minimum absolute atomic E-state index is 0.0525. The van der Waals surface area contributed by atoms with Crippen LogP contribution in [-0.2, 0) is 11.8 Å². The van der Waals surface area contributed by atoms with E-state index in [1.165, 1.54) is 227 Å². The highest BCUT2D eigenvalue weighted by atomic mass is 14.3. The second-order valence-corrected chi connectivity index (χ2v) is 35.1. The largest absolute Gasteiger partial charge is 0.0654 e. The van der Waals surface area contributed by atoms with Crippen LogP contribution in [0.2, 0.25) is 0 Å². The minimum atomic E-state index is 0.0525. The lowest BCUT2D eigenvalue weighted by Crippen LogP contribution is -2.25. The fourth-order valence-corrected chi connectivity index (χ4v) is 14.7. The molecule has 0 heterocycles. The van der Waals surface area contributed by atoms with Crippen LogP contribution >= 0.6 is 0 Å². The standard InChI is InChI=1S/C19H24.C17H20.C16H18.2C14H16.C10H20.C10H14.C10H22/c1-13-7-9-17(11-15(13)3)19(5,6)18-10-8-14(2)16(4)12-18;1-12-5-7-16(9-14(12)3)11-17-8-6-13(2)15(4)10-17;1-11-5-7-15(9-13(11)3)16-8-6-12(2)14(4)10-16;1-9-5-13-7-11(3)12(4)8-14(13)6-10(9)2;1-9-5-7-14-12(4)10(2)6-8-13(14)11(9)3;2*1-7-5-9(3)10(4)6-8(7)2;1-5-7-9(3)10(4)8-6-2/h7-12H,1-6H3;5-10H,11H2,1-4H3;5-10H,1-4H3;2*5-8H,1-4H3;7-10H,5-6H2,1-4H3;5-6H,1-4H3;9-10H,5-8H2,1-4H3. The third-order valence-electron chi connectivity index (χ3n) is 25.7. The molecule has 6 atom stereocenters. The Balaban J connectivity index is 0.000000227. The molecule has 590 valence electrons. The van der Waals surface area contributed by atoms with Crippen LogP contribution in [-0.4, -0.2) is 0 Å². The fraction of sp³-hybridized carbons (Fsp3) is 0.436. The number of benzene rings is 11. The summed E-state index contributed by atoms with van der Waals surface area (Å²) >= 11 is 0. The van der Waals surface area contributed by atoms with Gasteiger partial charge in [-0.05, 0) is 409 Å². The molecule has 6 unspecified atom stereocenters. The second kappa shape index (κ2) is 43.1. The summed E-state index contributed by atoms with van der Waals surface area (Å²) in [5.41, 5.74) is 41.3. The van der Waals surface area contributed by atoms with Gasteiger partial charge in [0.1, 0.15) is 0 Å². The van der Waals surface area contributed by atoms with Crippen molar-refractivity contribution in [3.8, 4) is 11.1 Å². The maximum Gasteiger partial charge on any atom is 0.0146 e. The number of hydrogen-bond acceptors (Lipinski definition) is 0. The highest BCUT2D eigenvalue weighted by Crippen LogP contribution is 2.38. The smallest absolute Gasteiger partial charge is 0.0146 e. The van der Waals surface area contributed by atoms with E-state index in [-0.39, 0.29) is 5.41 Å². The Hall–Kier alpha value is -8.06. The van der Waals surface area contributed by atoms with Crippen molar-refractivity contribution >= 4 is 21.5 Å². The molecule has 11 aromatic rings. The van der Waals surface area contributed by atoms with Crippen LogP contribution in [0.25, 0.3) is 32.7 Å². The Kier molecular flexibility index (Phi) is 36.3. The summed E-state index contributed by atoms with van der Waals surface area (Å²) in [5, 5.41) is 5.51. The van der Waals surface area contributed by atoms with E-state index in [4.69, 9.17) is 0 Å². The van der Waals surface area contributed by atoms with Crippen LogP contribution < -0.4 is 0 Å². The van der Waals surface area contributed by atoms with Crippen LogP contribution in [0.15, 0.2) is 170 Å². The number of fused-ring (bicyclic) bond motifs is 2. The van der Waals surface area contributed by atoms with Gasteiger partial charge in [-0.25, -0.2) is 0 Å². The summed E-state index contributed by atoms with van der Waals surface area (Å²) in [6, 6.07) is 62.9. The summed E-state index contributed by atoms with van der Waals surface area (Å²) in [6.45, 7) is 75.6. The van der Waals surface area contributed by atoms with E-state index in [2.05, 4.69) is 405 Å². The summed E-state index contributed by atoms with van der Waals surface area (Å²) < 4.78 is 0. The SMILES string of the molecule is CC1CC(C)C(C)CC1C.CCCC(C)C(C)CCC.Cc1cc(C)c(C)cc1C.Cc1cc2cc(C)c(C)cc2cc1C.Cc1ccc(-c2ccc(C)c(C)c2)cc1C.Cc1ccc(C(C)(C)c2ccc(C)c(C)c2)cc1C.Cc1ccc(Cc2ccc(C)c(C)c2)cc1C.Cc1ccc2c(C)c(C)ccc2c1C. The summed E-state index contributed by atoms with van der Waals surface area (Å²) in [4.78, 5) is 0. The first-order valence-electron chi connectivity index (χ1n) is 42.0. The van der Waals surface area contributed by atoms with E-state index < -0.39 is 0 Å². The van der Waals surface area contributed by atoms with Gasteiger partial charge in [-0.2, -0.15) is 0 Å². The molecule has 0 nitrogen and oxygen atoms in total. The van der Waals surface area contributed by atoms with Crippen LogP contribution in [0.3, 0.4) is 0 Å². The highest BCUT2D eigenvalue weighted by Gasteiger charge is 2.27. The van der Waals surface area contributed by atoms with Gasteiger partial charge in [0.05, 0.1) is 0 Å². The molecule has 0 bridgehead atoms. The van der Waals surface area contributed by atoms with Crippen molar-refractivity contribution in [1.82, 2.24) is 0 Å². The Morgan fingerprint density at radius 3 is 0.764 bits per heavy atom. The average Bonchev–Trinajstić information content (AvgIpc) is 0.797. The van der Waals surface area contributed by atoms with Crippen molar-refractivity contribution in [2.24, 2.45) is 35.5 Å². The molecule has 0 heteroatoms. The lowest BCUT2D eigenvalue weighted by atomic mass is 9.71. The molecule has 0 N–H and O–H groups in total. The van der Waals surface area contributed by atoms with Gasteiger partial charge < -0.3 is 0 Å². The Morgan fingerprint density at radius 2 is 0.500 bits per heavy atom. The van der Waals surface area contributed by atoms with Crippen LogP contribution in [0, 0.1) is 202 Å². The molecule has 0 spiro atoms. The molecule has 11 aromatic carbocycles. The fourth-order valence-electron chi connectivity index (χ4n) is 14.7. The van der Waals surface area contributed by atoms with Crippen molar-refractivity contribution in [2.45, 2.75) is 286 Å². The zero-order valence-corrected chi connectivity index (χ0v) is 76.1. The Morgan fingerprint density at radius 1 is 0.264 bits per heavy atom. The maximum absolute atomic E-state index is 2.40. The lowest BCUT2D eigenvalue weighted by molar-refractivity contribution is 0.157. The maximum atomic E-state index is 2.40. The highest BCUT2D eigenvalue weighted by molar-refractivity contribution is 5.90. The molecular weight excluding hydrogens is 1320 g/mol. The van der Waals surface area contributed by atoms with Gasteiger partial charge in [-0.15, -0.1) is 0 Å². The van der Waals surface area contributed by atoms with Crippen molar-refractivity contribution in [3.05, 3.63) is 326 Å². The van der Waals surface area contributed by atoms with E-state index >= 15 is 0 Å². The predicted molar refractivity (Wildman–Crippen MR) is 495 cm³/mol. The number of rotatable bonds is 10. The topological polar surface area (TPSA) is 0 Å². The van der Waals surface area contributed by atoms with Gasteiger partial charge in [0.2, 0.25) is 0 Å². The molecule has 1 aliphatic rings. The van der Waals surface area contributed by atoms with E-state index in [1.54, 1.807) is 0 Å². The van der Waals surface area contributed by atoms with E-state index in [0.717, 1.165) is 41.9 Å². The predicted octanol–water partition coefficient (Wildman–Crippen LogP) is 32.6. The van der Waals surface area contributed by atoms with Crippen LogP contribution in [0.4, 0.5) is 0 Å². The molecular formula is C110H150. The normalized spacial score (nSPS) is 14.9. The zero-order valence-electron chi connectivity index (χ0n) is 76.1. The molecule has 1 saturated carbocycles. The molecule has 1 fully saturated rings. The third-order valence-corrected chi connectivity index (χ3v) is 25.7. The van der Waals surface area contributed by atoms with Gasteiger partial charge in [0, 0.05) is 5.41 Å². The van der Waals surface area contributed by atoms with Gasteiger partial charge in [-0.1, -0.05) is 265 Å². The molecule has 0 amide bonds. The van der Waals surface area contributed by atoms with Crippen LogP contribution in [0.5, 0.6) is 0 Å². The first kappa shape index (κ1) is 92.5. The Labute approximate surface area is 675 Å². The van der Waals surface area contributed by atoms with Gasteiger partial charge in [-0.3, -0.25) is 0 Å². The average molecular weight is 1470 g/mol. The van der Waals surface area contributed by atoms with Crippen molar-refractivity contribution in [1.29, 1.82) is 0 Å². The quantitative estimate of drug-likeness (QED) is 0.128. The van der Waals surface area contributed by atoms with Crippen molar-refractivity contribution in [3.63, 3.8) is 0 Å². The minimum Gasteiger partial charge on any atom is -0.0654 e. The van der Waals surface area contributed by atoms with Gasteiger partial charge >= 0.3 is 0 Å². The molecule has 110 heavy (non-hydrogen) atoms. The molecule has 0 aliphatic heterocycles. The summed E-state index contributed by atoms with van der Waals surface area (Å²) in [5.74, 6) is 5.73. The first-order valence-corrected chi connectivity index (χ1v) is 42.0. The van der Waals surface area contributed by atoms with Crippen LogP contribution in [0.1, 0.15) is 264 Å². The first-order chi connectivity index (χ1) is 51.6. The number of aryl methyl sites for hydroxylation is 24. The second-order valence-electron chi connectivity index (χ2n) is 35.1. The molecule has 0 saturated heterocycles.